The number of nitrogens with zero attached hydrogens (tertiary/aromatic N) is 2. The van der Waals surface area contributed by atoms with Crippen molar-refractivity contribution in [2.24, 2.45) is 5.92 Å². The van der Waals surface area contributed by atoms with Crippen LogP contribution in [0.1, 0.15) is 34.1 Å². The topological polar surface area (TPSA) is 26.7 Å². The molecule has 1 saturated heterocycles. The Hall–Kier alpha value is -0.120. The van der Waals surface area contributed by atoms with E-state index in [1.165, 1.54) is 6.42 Å². The van der Waals surface area contributed by atoms with E-state index in [4.69, 9.17) is 0 Å². The third-order valence-corrected chi connectivity index (χ3v) is 3.84. The summed E-state index contributed by atoms with van der Waals surface area (Å²) in [6, 6.07) is 0.706. The Morgan fingerprint density at radius 3 is 2.06 bits per heavy atom. The highest BCUT2D eigenvalue weighted by Crippen LogP contribution is 2.10. The van der Waals surface area contributed by atoms with E-state index in [9.17, 15) is 5.11 Å². The Balaban J connectivity index is 2.27. The van der Waals surface area contributed by atoms with Crippen molar-refractivity contribution < 1.29 is 5.11 Å². The molecule has 0 amide bonds. The molecule has 1 aliphatic heterocycles. The molecule has 0 bridgehead atoms. The second-order valence-corrected chi connectivity index (χ2v) is 5.41. The molecule has 1 aliphatic rings. The predicted molar refractivity (Wildman–Crippen MR) is 68.6 cm³/mol. The van der Waals surface area contributed by atoms with Gasteiger partial charge in [-0.1, -0.05) is 20.8 Å². The van der Waals surface area contributed by atoms with Gasteiger partial charge in [0, 0.05) is 38.8 Å². The molecule has 2 atom stereocenters. The van der Waals surface area contributed by atoms with E-state index < -0.39 is 0 Å². The highest BCUT2D eigenvalue weighted by Gasteiger charge is 2.22. The molecule has 0 saturated carbocycles. The SMILES string of the molecule is CCC(C)N1CCN(CC(O)C(C)C)CC1. The van der Waals surface area contributed by atoms with Gasteiger partial charge in [-0.2, -0.15) is 0 Å². The Kier molecular flexibility index (Phi) is 5.73. The van der Waals surface area contributed by atoms with Crippen molar-refractivity contribution in [3.05, 3.63) is 0 Å². The minimum absolute atomic E-state index is 0.171. The van der Waals surface area contributed by atoms with Crippen LogP contribution in [0.2, 0.25) is 0 Å². The maximum Gasteiger partial charge on any atom is 0.0689 e. The van der Waals surface area contributed by atoms with Crippen LogP contribution in [0.25, 0.3) is 0 Å². The van der Waals surface area contributed by atoms with Gasteiger partial charge in [0.05, 0.1) is 6.10 Å². The first-order valence-corrected chi connectivity index (χ1v) is 6.69. The maximum atomic E-state index is 9.84. The fraction of sp³-hybridized carbons (Fsp3) is 1.00. The van der Waals surface area contributed by atoms with Gasteiger partial charge in [0.25, 0.3) is 0 Å². The van der Waals surface area contributed by atoms with Crippen LogP contribution in [-0.2, 0) is 0 Å². The normalized spacial score (nSPS) is 23.6. The average Bonchev–Trinajstić information content (AvgIpc) is 2.28. The standard InChI is InChI=1S/C13H28N2O/c1-5-12(4)15-8-6-14(7-9-15)10-13(16)11(2)3/h11-13,16H,5-10H2,1-4H3. The van der Waals surface area contributed by atoms with Crippen molar-refractivity contribution in [3.63, 3.8) is 0 Å². The fourth-order valence-electron chi connectivity index (χ4n) is 2.12. The zero-order chi connectivity index (χ0) is 12.1. The van der Waals surface area contributed by atoms with E-state index in [-0.39, 0.29) is 6.10 Å². The van der Waals surface area contributed by atoms with Gasteiger partial charge < -0.3 is 5.11 Å². The van der Waals surface area contributed by atoms with E-state index in [1.807, 2.05) is 0 Å². The molecule has 0 aromatic rings. The van der Waals surface area contributed by atoms with Crippen molar-refractivity contribution in [1.82, 2.24) is 9.80 Å². The molecule has 0 aromatic carbocycles. The van der Waals surface area contributed by atoms with Crippen molar-refractivity contribution in [2.75, 3.05) is 32.7 Å². The summed E-state index contributed by atoms with van der Waals surface area (Å²) in [6.07, 6.45) is 1.06. The monoisotopic (exact) mass is 228 g/mol. The highest BCUT2D eigenvalue weighted by molar-refractivity contribution is 4.77. The largest absolute Gasteiger partial charge is 0.392 e. The molecule has 2 unspecified atom stereocenters. The van der Waals surface area contributed by atoms with Crippen molar-refractivity contribution in [2.45, 2.75) is 46.3 Å². The summed E-state index contributed by atoms with van der Waals surface area (Å²) in [7, 11) is 0. The maximum absolute atomic E-state index is 9.84. The van der Waals surface area contributed by atoms with Crippen molar-refractivity contribution >= 4 is 0 Å². The molecule has 96 valence electrons. The van der Waals surface area contributed by atoms with E-state index in [1.54, 1.807) is 0 Å². The lowest BCUT2D eigenvalue weighted by atomic mass is 10.1. The van der Waals surface area contributed by atoms with Crippen LogP contribution in [0.5, 0.6) is 0 Å². The number of hydrogen-bond donors (Lipinski definition) is 1. The Morgan fingerprint density at radius 1 is 1.06 bits per heavy atom. The molecule has 1 N–H and O–H groups in total. The molecular formula is C13H28N2O. The van der Waals surface area contributed by atoms with Gasteiger partial charge in [-0.25, -0.2) is 0 Å². The van der Waals surface area contributed by atoms with Gasteiger partial charge in [-0.3, -0.25) is 9.80 Å². The lowest BCUT2D eigenvalue weighted by molar-refractivity contribution is 0.0404. The summed E-state index contributed by atoms with van der Waals surface area (Å²) in [5, 5.41) is 9.84. The molecule has 1 rings (SSSR count). The van der Waals surface area contributed by atoms with Gasteiger partial charge in [0.2, 0.25) is 0 Å². The number of piperazine rings is 1. The number of aliphatic hydroxyl groups excluding tert-OH is 1. The molecule has 1 heterocycles. The fourth-order valence-corrected chi connectivity index (χ4v) is 2.12. The van der Waals surface area contributed by atoms with Crippen molar-refractivity contribution in [1.29, 1.82) is 0 Å². The number of hydrogen-bond acceptors (Lipinski definition) is 3. The summed E-state index contributed by atoms with van der Waals surface area (Å²) in [6.45, 7) is 14.1. The second kappa shape index (κ2) is 6.58. The predicted octanol–water partition coefficient (Wildman–Crippen LogP) is 1.42. The molecule has 3 nitrogen and oxygen atoms in total. The molecule has 3 heteroatoms. The minimum atomic E-state index is -0.171. The minimum Gasteiger partial charge on any atom is -0.392 e. The van der Waals surface area contributed by atoms with E-state index in [0.717, 1.165) is 32.7 Å². The molecule has 1 fully saturated rings. The Bertz CT molecular complexity index is 188. The Labute approximate surface area is 100 Å². The summed E-state index contributed by atoms with van der Waals surface area (Å²) in [5.74, 6) is 0.368. The summed E-state index contributed by atoms with van der Waals surface area (Å²) in [4.78, 5) is 4.95. The molecule has 0 spiro atoms. The first-order valence-electron chi connectivity index (χ1n) is 6.69. The van der Waals surface area contributed by atoms with Gasteiger partial charge >= 0.3 is 0 Å². The first kappa shape index (κ1) is 13.9. The van der Waals surface area contributed by atoms with Gasteiger partial charge in [-0.05, 0) is 19.3 Å². The van der Waals surface area contributed by atoms with Crippen LogP contribution in [0.15, 0.2) is 0 Å². The quantitative estimate of drug-likeness (QED) is 0.771. The van der Waals surface area contributed by atoms with E-state index in [2.05, 4.69) is 37.5 Å². The Morgan fingerprint density at radius 2 is 1.62 bits per heavy atom. The van der Waals surface area contributed by atoms with Crippen LogP contribution >= 0.6 is 0 Å². The smallest absolute Gasteiger partial charge is 0.0689 e. The van der Waals surface area contributed by atoms with Crippen LogP contribution in [0, 0.1) is 5.92 Å². The molecule has 16 heavy (non-hydrogen) atoms. The molecule has 0 aliphatic carbocycles. The van der Waals surface area contributed by atoms with Gasteiger partial charge in [0.1, 0.15) is 0 Å². The van der Waals surface area contributed by atoms with Crippen LogP contribution in [0.3, 0.4) is 0 Å². The van der Waals surface area contributed by atoms with Crippen LogP contribution < -0.4 is 0 Å². The molecule has 0 radical (unpaired) electrons. The zero-order valence-electron chi connectivity index (χ0n) is 11.3. The molecule has 0 aromatic heterocycles. The second-order valence-electron chi connectivity index (χ2n) is 5.41. The first-order chi connectivity index (χ1) is 7.54. The highest BCUT2D eigenvalue weighted by atomic mass is 16.3. The van der Waals surface area contributed by atoms with Crippen LogP contribution in [-0.4, -0.2) is 59.8 Å². The van der Waals surface area contributed by atoms with Crippen LogP contribution in [0.4, 0.5) is 0 Å². The van der Waals surface area contributed by atoms with E-state index in [0.29, 0.717) is 12.0 Å². The lowest BCUT2D eigenvalue weighted by Crippen LogP contribution is -2.51. The van der Waals surface area contributed by atoms with Gasteiger partial charge in [0.15, 0.2) is 0 Å². The summed E-state index contributed by atoms with van der Waals surface area (Å²) in [5.41, 5.74) is 0. The number of β-amino-alcohol motifs (C(OH)–C–C–N with tert-alkyl or cyclic N) is 1. The van der Waals surface area contributed by atoms with E-state index >= 15 is 0 Å². The average molecular weight is 228 g/mol. The third kappa shape index (κ3) is 4.04. The number of aliphatic hydroxyl groups is 1. The summed E-state index contributed by atoms with van der Waals surface area (Å²) < 4.78 is 0. The third-order valence-electron chi connectivity index (χ3n) is 3.84. The summed E-state index contributed by atoms with van der Waals surface area (Å²) >= 11 is 0. The van der Waals surface area contributed by atoms with Gasteiger partial charge in [-0.15, -0.1) is 0 Å². The number of rotatable bonds is 5. The molecular weight excluding hydrogens is 200 g/mol. The lowest BCUT2D eigenvalue weighted by Gasteiger charge is -2.38. The van der Waals surface area contributed by atoms with Crippen molar-refractivity contribution in [3.8, 4) is 0 Å². The zero-order valence-corrected chi connectivity index (χ0v) is 11.3.